The van der Waals surface area contributed by atoms with Gasteiger partial charge in [0.05, 0.1) is 5.41 Å². The average molecular weight is 480 g/mol. The van der Waals surface area contributed by atoms with Crippen molar-refractivity contribution in [1.29, 1.82) is 0 Å². The highest BCUT2D eigenvalue weighted by atomic mass is 16.5. The molecule has 2 N–H and O–H groups in total. The van der Waals surface area contributed by atoms with Gasteiger partial charge in [-0.25, -0.2) is 0 Å². The van der Waals surface area contributed by atoms with Crippen molar-refractivity contribution in [3.8, 4) is 5.75 Å². The summed E-state index contributed by atoms with van der Waals surface area (Å²) in [6, 6.07) is 31.5. The monoisotopic (exact) mass is 479 g/mol. The quantitative estimate of drug-likeness (QED) is 0.305. The van der Waals surface area contributed by atoms with Crippen molar-refractivity contribution < 1.29 is 14.6 Å². The number of hydrogen-bond acceptors (Lipinski definition) is 3. The Kier molecular flexibility index (Phi) is 6.55. The number of fused-ring (bicyclic) bond motifs is 2. The maximum absolute atomic E-state index is 11.7. The van der Waals surface area contributed by atoms with Gasteiger partial charge >= 0.3 is 5.97 Å². The number of carbonyl (C=O) groups is 1. The summed E-state index contributed by atoms with van der Waals surface area (Å²) in [4.78, 5) is 11.7. The van der Waals surface area contributed by atoms with E-state index in [2.05, 4.69) is 79.0 Å². The van der Waals surface area contributed by atoms with E-state index in [0.29, 0.717) is 0 Å². The molecule has 36 heavy (non-hydrogen) atoms. The van der Waals surface area contributed by atoms with Gasteiger partial charge in [0.25, 0.3) is 0 Å². The molecule has 0 saturated carbocycles. The van der Waals surface area contributed by atoms with Crippen LogP contribution in [0.2, 0.25) is 0 Å². The molecular weight excluding hydrogens is 446 g/mol. The van der Waals surface area contributed by atoms with Crippen molar-refractivity contribution >= 4 is 16.7 Å². The Balaban J connectivity index is 1.35. The number of carboxylic acids is 1. The molecule has 5 rings (SSSR count). The number of benzene rings is 4. The SMILES string of the molecule is C[C@@H](NCC1C[C@H](c2ccc(C(C)(C)C(=O)O)cc2)c2ccccc2O1)c1cccc2ccccc12. The highest BCUT2D eigenvalue weighted by Crippen LogP contribution is 2.41. The Morgan fingerprint density at radius 2 is 1.67 bits per heavy atom. The summed E-state index contributed by atoms with van der Waals surface area (Å²) in [5.74, 6) is 0.294. The van der Waals surface area contributed by atoms with Gasteiger partial charge in [-0.15, -0.1) is 0 Å². The molecule has 1 aliphatic rings. The lowest BCUT2D eigenvalue weighted by atomic mass is 9.80. The summed E-state index contributed by atoms with van der Waals surface area (Å²) in [5.41, 5.74) is 3.54. The van der Waals surface area contributed by atoms with E-state index in [-0.39, 0.29) is 18.1 Å². The molecule has 1 unspecified atom stereocenters. The fraction of sp³-hybridized carbons (Fsp3) is 0.281. The molecular formula is C32H33NO3. The van der Waals surface area contributed by atoms with Gasteiger partial charge in [-0.1, -0.05) is 84.9 Å². The van der Waals surface area contributed by atoms with Crippen LogP contribution in [0.1, 0.15) is 61.4 Å². The van der Waals surface area contributed by atoms with Crippen LogP contribution in [0.25, 0.3) is 10.8 Å². The molecule has 4 aromatic rings. The van der Waals surface area contributed by atoms with Crippen LogP contribution in [-0.4, -0.2) is 23.7 Å². The zero-order valence-corrected chi connectivity index (χ0v) is 21.1. The molecule has 3 atom stereocenters. The Bertz CT molecular complexity index is 1370. The Hall–Kier alpha value is -3.63. The third-order valence-corrected chi connectivity index (χ3v) is 7.60. The summed E-state index contributed by atoms with van der Waals surface area (Å²) in [5, 5.41) is 15.8. The average Bonchev–Trinajstić information content (AvgIpc) is 2.91. The van der Waals surface area contributed by atoms with Crippen molar-refractivity contribution in [2.45, 2.75) is 50.7 Å². The molecule has 0 fully saturated rings. The van der Waals surface area contributed by atoms with Crippen molar-refractivity contribution in [2.75, 3.05) is 6.54 Å². The third kappa shape index (κ3) is 4.61. The first-order valence-corrected chi connectivity index (χ1v) is 12.6. The molecule has 4 nitrogen and oxygen atoms in total. The first-order chi connectivity index (χ1) is 17.3. The second kappa shape index (κ2) is 9.79. The molecule has 0 amide bonds. The van der Waals surface area contributed by atoms with Gasteiger partial charge in [0.1, 0.15) is 11.9 Å². The number of para-hydroxylation sites is 1. The van der Waals surface area contributed by atoms with Crippen LogP contribution in [0.5, 0.6) is 5.75 Å². The zero-order valence-electron chi connectivity index (χ0n) is 21.1. The van der Waals surface area contributed by atoms with E-state index in [4.69, 9.17) is 4.74 Å². The number of aliphatic carboxylic acids is 1. The molecule has 4 aromatic carbocycles. The van der Waals surface area contributed by atoms with Crippen LogP contribution < -0.4 is 10.1 Å². The predicted molar refractivity (Wildman–Crippen MR) is 145 cm³/mol. The van der Waals surface area contributed by atoms with Gasteiger partial charge in [0.15, 0.2) is 0 Å². The summed E-state index contributed by atoms with van der Waals surface area (Å²) >= 11 is 0. The zero-order chi connectivity index (χ0) is 25.3. The fourth-order valence-electron chi connectivity index (χ4n) is 5.24. The van der Waals surface area contributed by atoms with Crippen molar-refractivity contribution in [2.24, 2.45) is 0 Å². The van der Waals surface area contributed by atoms with Crippen molar-refractivity contribution in [1.82, 2.24) is 5.32 Å². The topological polar surface area (TPSA) is 58.6 Å². The number of hydrogen-bond donors (Lipinski definition) is 2. The molecule has 0 radical (unpaired) electrons. The molecule has 1 heterocycles. The number of carboxylic acid groups (broad SMARTS) is 1. The van der Waals surface area contributed by atoms with E-state index in [1.165, 1.54) is 27.5 Å². The van der Waals surface area contributed by atoms with Crippen LogP contribution in [0.3, 0.4) is 0 Å². The molecule has 0 saturated heterocycles. The van der Waals surface area contributed by atoms with Gasteiger partial charge in [-0.3, -0.25) is 4.79 Å². The first kappa shape index (κ1) is 24.1. The Labute approximate surface area is 212 Å². The maximum atomic E-state index is 11.7. The van der Waals surface area contributed by atoms with Crippen LogP contribution in [0.15, 0.2) is 91.0 Å². The summed E-state index contributed by atoms with van der Waals surface area (Å²) < 4.78 is 6.43. The summed E-state index contributed by atoms with van der Waals surface area (Å²) in [6.45, 7) is 6.43. The van der Waals surface area contributed by atoms with Crippen LogP contribution in [-0.2, 0) is 10.2 Å². The Morgan fingerprint density at radius 3 is 2.44 bits per heavy atom. The first-order valence-electron chi connectivity index (χ1n) is 12.6. The normalized spacial score (nSPS) is 18.3. The number of ether oxygens (including phenoxy) is 1. The largest absolute Gasteiger partial charge is 0.489 e. The maximum Gasteiger partial charge on any atom is 0.313 e. The lowest BCUT2D eigenvalue weighted by Gasteiger charge is -2.33. The summed E-state index contributed by atoms with van der Waals surface area (Å²) in [7, 11) is 0. The lowest BCUT2D eigenvalue weighted by molar-refractivity contribution is -0.142. The van der Waals surface area contributed by atoms with Gasteiger partial charge in [0, 0.05) is 24.1 Å². The molecule has 0 bridgehead atoms. The number of rotatable bonds is 7. The minimum Gasteiger partial charge on any atom is -0.489 e. The second-order valence-corrected chi connectivity index (χ2v) is 10.3. The molecule has 1 aliphatic heterocycles. The van der Waals surface area contributed by atoms with Gasteiger partial charge in [-0.05, 0) is 60.7 Å². The highest BCUT2D eigenvalue weighted by Gasteiger charge is 2.32. The minimum absolute atomic E-state index is 0.0254. The summed E-state index contributed by atoms with van der Waals surface area (Å²) in [6.07, 6.45) is 0.881. The van der Waals surface area contributed by atoms with E-state index in [9.17, 15) is 9.90 Å². The molecule has 0 spiro atoms. The van der Waals surface area contributed by atoms with E-state index >= 15 is 0 Å². The molecule has 4 heteroatoms. The standard InChI is InChI=1S/C32H33NO3/c1-21(26-13-8-10-22-9-4-5-11-27(22)26)33-20-25-19-29(28-12-6-7-14-30(28)36-25)23-15-17-24(18-16-23)32(2,3)31(34)35/h4-18,21,25,29,33H,19-20H2,1-3H3,(H,34,35)/t21-,25?,29-/m1/s1. The molecule has 0 aliphatic carbocycles. The smallest absolute Gasteiger partial charge is 0.313 e. The molecule has 0 aromatic heterocycles. The van der Waals surface area contributed by atoms with E-state index in [1.807, 2.05) is 24.3 Å². The van der Waals surface area contributed by atoms with Crippen molar-refractivity contribution in [3.63, 3.8) is 0 Å². The van der Waals surface area contributed by atoms with Crippen LogP contribution in [0.4, 0.5) is 0 Å². The Morgan fingerprint density at radius 1 is 0.972 bits per heavy atom. The van der Waals surface area contributed by atoms with Crippen LogP contribution >= 0.6 is 0 Å². The van der Waals surface area contributed by atoms with Gasteiger partial charge in [-0.2, -0.15) is 0 Å². The van der Waals surface area contributed by atoms with Crippen LogP contribution in [0, 0.1) is 0 Å². The van der Waals surface area contributed by atoms with E-state index in [1.54, 1.807) is 13.8 Å². The van der Waals surface area contributed by atoms with E-state index in [0.717, 1.165) is 24.3 Å². The fourth-order valence-corrected chi connectivity index (χ4v) is 5.24. The predicted octanol–water partition coefficient (Wildman–Crippen LogP) is 6.84. The third-order valence-electron chi connectivity index (χ3n) is 7.60. The number of nitrogens with one attached hydrogen (secondary N) is 1. The van der Waals surface area contributed by atoms with Crippen molar-refractivity contribution in [3.05, 3.63) is 113 Å². The van der Waals surface area contributed by atoms with E-state index < -0.39 is 11.4 Å². The highest BCUT2D eigenvalue weighted by molar-refractivity contribution is 5.86. The molecule has 184 valence electrons. The van der Waals surface area contributed by atoms with Gasteiger partial charge < -0.3 is 15.2 Å². The lowest BCUT2D eigenvalue weighted by Crippen LogP contribution is -2.37. The minimum atomic E-state index is -0.920. The van der Waals surface area contributed by atoms with Gasteiger partial charge in [0.2, 0.25) is 0 Å². The second-order valence-electron chi connectivity index (χ2n) is 10.3.